The number of nitrogens with zero attached hydrogens (tertiary/aromatic N) is 1. The number of sulfonamides is 1. The molecule has 1 aromatic heterocycles. The first-order valence-electron chi connectivity index (χ1n) is 6.89. The number of fused-ring (bicyclic) bond motifs is 1. The molecule has 6 nitrogen and oxygen atoms in total. The number of hydrogen-bond donors (Lipinski definition) is 3. The molecule has 0 saturated heterocycles. The number of rotatable bonds is 7. The van der Waals surface area contributed by atoms with Crippen LogP contribution in [-0.2, 0) is 10.0 Å². The highest BCUT2D eigenvalue weighted by Crippen LogP contribution is 2.43. The van der Waals surface area contributed by atoms with Crippen LogP contribution in [0.5, 0.6) is 0 Å². The Balaban J connectivity index is 2.24. The summed E-state index contributed by atoms with van der Waals surface area (Å²) in [4.78, 5) is 0. The number of nitrogens with two attached hydrogens (primary N) is 1. The van der Waals surface area contributed by atoms with Crippen molar-refractivity contribution in [3.63, 3.8) is 0 Å². The molecule has 0 unspecified atom stereocenters. The predicted molar refractivity (Wildman–Crippen MR) is 85.9 cm³/mol. The van der Waals surface area contributed by atoms with E-state index in [1.807, 2.05) is 0 Å². The van der Waals surface area contributed by atoms with Crippen LogP contribution in [0.1, 0.15) is 31.4 Å². The highest BCUT2D eigenvalue weighted by Gasteiger charge is 2.29. The van der Waals surface area contributed by atoms with E-state index >= 15 is 0 Å². The van der Waals surface area contributed by atoms with Crippen molar-refractivity contribution in [2.24, 2.45) is 5.14 Å². The number of nitrogens with one attached hydrogen (secondary N) is 1. The smallest absolute Gasteiger partial charge is 0.247 e. The Hall–Kier alpha value is -0.160. The molecule has 0 bridgehead atoms. The molecule has 2 heterocycles. The minimum absolute atomic E-state index is 0.103. The van der Waals surface area contributed by atoms with E-state index in [9.17, 15) is 8.42 Å². The summed E-state index contributed by atoms with van der Waals surface area (Å²) in [6, 6.07) is 1.80. The van der Waals surface area contributed by atoms with Crippen molar-refractivity contribution in [3.8, 4) is 0 Å². The van der Waals surface area contributed by atoms with Gasteiger partial charge in [-0.15, -0.1) is 11.3 Å². The summed E-state index contributed by atoms with van der Waals surface area (Å²) in [6.07, 6.45) is 1.72. The molecular formula is C12H21N3O3S3. The van der Waals surface area contributed by atoms with Gasteiger partial charge in [-0.05, 0) is 43.0 Å². The van der Waals surface area contributed by atoms with Gasteiger partial charge in [-0.25, -0.2) is 17.9 Å². The Morgan fingerprint density at radius 2 is 2.33 bits per heavy atom. The van der Waals surface area contributed by atoms with Gasteiger partial charge in [0.1, 0.15) is 4.21 Å². The normalized spacial score (nSPS) is 19.7. The second kappa shape index (κ2) is 7.40. The third-order valence-corrected chi connectivity index (χ3v) is 6.99. The van der Waals surface area contributed by atoms with Gasteiger partial charge in [0.25, 0.3) is 0 Å². The van der Waals surface area contributed by atoms with Crippen molar-refractivity contribution in [2.45, 2.75) is 34.2 Å². The van der Waals surface area contributed by atoms with Gasteiger partial charge in [-0.1, -0.05) is 6.92 Å². The molecule has 1 aliphatic heterocycles. The molecule has 0 spiro atoms. The number of primary sulfonamides is 1. The Morgan fingerprint density at radius 1 is 1.57 bits per heavy atom. The van der Waals surface area contributed by atoms with Crippen molar-refractivity contribution in [3.05, 3.63) is 11.6 Å². The fourth-order valence-electron chi connectivity index (χ4n) is 2.15. The fourth-order valence-corrected chi connectivity index (χ4v) is 5.73. The zero-order valence-electron chi connectivity index (χ0n) is 11.9. The summed E-state index contributed by atoms with van der Waals surface area (Å²) < 4.78 is 26.4. The fraction of sp³-hybridized carbons (Fsp3) is 0.667. The Bertz CT molecular complexity index is 574. The number of aliphatic hydroxyl groups is 1. The lowest BCUT2D eigenvalue weighted by molar-refractivity contribution is 0.266. The third-order valence-electron chi connectivity index (χ3n) is 3.16. The van der Waals surface area contributed by atoms with E-state index in [4.69, 9.17) is 10.2 Å². The van der Waals surface area contributed by atoms with E-state index in [0.29, 0.717) is 6.42 Å². The third kappa shape index (κ3) is 4.41. The predicted octanol–water partition coefficient (Wildman–Crippen LogP) is 1.14. The van der Waals surface area contributed by atoms with Crippen LogP contribution in [0, 0.1) is 0 Å². The van der Waals surface area contributed by atoms with Gasteiger partial charge >= 0.3 is 0 Å². The van der Waals surface area contributed by atoms with Gasteiger partial charge in [0.05, 0.1) is 4.21 Å². The van der Waals surface area contributed by atoms with Gasteiger partial charge in [0.15, 0.2) is 0 Å². The maximum absolute atomic E-state index is 11.5. The highest BCUT2D eigenvalue weighted by atomic mass is 32.3. The van der Waals surface area contributed by atoms with Crippen molar-refractivity contribution in [2.75, 3.05) is 26.2 Å². The lowest BCUT2D eigenvalue weighted by atomic mass is 10.1. The molecule has 0 saturated carbocycles. The molecule has 21 heavy (non-hydrogen) atoms. The topological polar surface area (TPSA) is 95.7 Å². The molecule has 0 aliphatic carbocycles. The van der Waals surface area contributed by atoms with E-state index < -0.39 is 10.0 Å². The Morgan fingerprint density at radius 3 is 2.95 bits per heavy atom. The van der Waals surface area contributed by atoms with Crippen LogP contribution in [0.3, 0.4) is 0 Å². The van der Waals surface area contributed by atoms with E-state index in [-0.39, 0.29) is 16.9 Å². The van der Waals surface area contributed by atoms with Gasteiger partial charge in [-0.2, -0.15) is 0 Å². The van der Waals surface area contributed by atoms with Crippen molar-refractivity contribution in [1.82, 2.24) is 9.62 Å². The van der Waals surface area contributed by atoms with Crippen molar-refractivity contribution >= 4 is 33.3 Å². The minimum atomic E-state index is -3.66. The number of aliphatic hydroxyl groups excluding tert-OH is 1. The first kappa shape index (κ1) is 17.2. The van der Waals surface area contributed by atoms with E-state index in [1.165, 1.54) is 11.3 Å². The molecule has 0 amide bonds. The summed E-state index contributed by atoms with van der Waals surface area (Å²) in [7, 11) is -3.66. The van der Waals surface area contributed by atoms with Crippen LogP contribution < -0.4 is 10.5 Å². The van der Waals surface area contributed by atoms with Crippen LogP contribution in [0.4, 0.5) is 0 Å². The zero-order valence-corrected chi connectivity index (χ0v) is 14.4. The molecule has 1 aromatic rings. The SMILES string of the molecule is CCCN[C@H]1CN(CCCO)Sc2sc(S(N)(=O)=O)cc21. The molecular weight excluding hydrogens is 330 g/mol. The van der Waals surface area contributed by atoms with Crippen LogP contribution in [0.2, 0.25) is 0 Å². The van der Waals surface area contributed by atoms with Gasteiger partial charge in [0, 0.05) is 25.7 Å². The maximum atomic E-state index is 11.5. The number of thiophene rings is 1. The lowest BCUT2D eigenvalue weighted by Crippen LogP contribution is -2.35. The molecule has 9 heteroatoms. The molecule has 4 N–H and O–H groups in total. The van der Waals surface area contributed by atoms with Gasteiger partial charge in [0.2, 0.25) is 10.0 Å². The maximum Gasteiger partial charge on any atom is 0.247 e. The summed E-state index contributed by atoms with van der Waals surface area (Å²) >= 11 is 2.77. The second-order valence-electron chi connectivity index (χ2n) is 4.92. The summed E-state index contributed by atoms with van der Waals surface area (Å²) in [5.74, 6) is 0. The monoisotopic (exact) mass is 351 g/mol. The summed E-state index contributed by atoms with van der Waals surface area (Å²) in [5.41, 5.74) is 1.02. The van der Waals surface area contributed by atoms with Crippen LogP contribution in [0.25, 0.3) is 0 Å². The van der Waals surface area contributed by atoms with Crippen LogP contribution >= 0.6 is 23.3 Å². The van der Waals surface area contributed by atoms with Gasteiger partial charge < -0.3 is 10.4 Å². The Labute approximate surface area is 133 Å². The average Bonchev–Trinajstić information content (AvgIpc) is 2.86. The van der Waals surface area contributed by atoms with E-state index in [1.54, 1.807) is 18.0 Å². The van der Waals surface area contributed by atoms with Crippen molar-refractivity contribution in [1.29, 1.82) is 0 Å². The summed E-state index contributed by atoms with van der Waals surface area (Å²) in [6.45, 7) is 4.69. The second-order valence-corrected chi connectivity index (χ2v) is 9.12. The quantitative estimate of drug-likeness (QED) is 0.638. The standard InChI is InChI=1S/C12H21N3O3S3/c1-2-4-14-10-8-15(5-3-6-16)20-12-9(10)7-11(19-12)21(13,17)18/h7,10,14,16H,2-6,8H2,1H3,(H2,13,17,18)/t10-/m0/s1. The van der Waals surface area contributed by atoms with E-state index in [0.717, 1.165) is 35.8 Å². The first-order chi connectivity index (χ1) is 9.95. The Kier molecular flexibility index (Phi) is 6.06. The highest BCUT2D eigenvalue weighted by molar-refractivity contribution is 7.99. The summed E-state index contributed by atoms with van der Waals surface area (Å²) in [5, 5.41) is 17.7. The zero-order chi connectivity index (χ0) is 15.5. The first-order valence-corrected chi connectivity index (χ1v) is 10.0. The molecule has 120 valence electrons. The molecule has 1 aliphatic rings. The van der Waals surface area contributed by atoms with Crippen LogP contribution in [-0.4, -0.2) is 44.1 Å². The molecule has 0 radical (unpaired) electrons. The molecule has 0 fully saturated rings. The van der Waals surface area contributed by atoms with Crippen molar-refractivity contribution < 1.29 is 13.5 Å². The molecule has 1 atom stereocenters. The average molecular weight is 352 g/mol. The molecule has 0 aromatic carbocycles. The lowest BCUT2D eigenvalue weighted by Gasteiger charge is -2.32. The van der Waals surface area contributed by atoms with Crippen LogP contribution in [0.15, 0.2) is 14.5 Å². The molecule has 2 rings (SSSR count). The minimum Gasteiger partial charge on any atom is -0.396 e. The largest absolute Gasteiger partial charge is 0.396 e. The number of hydrogen-bond acceptors (Lipinski definition) is 7. The van der Waals surface area contributed by atoms with Gasteiger partial charge in [-0.3, -0.25) is 0 Å². The van der Waals surface area contributed by atoms with E-state index in [2.05, 4.69) is 16.5 Å².